The Kier molecular flexibility index (Phi) is 3.65. The quantitative estimate of drug-likeness (QED) is 0.755. The van der Waals surface area contributed by atoms with Gasteiger partial charge in [-0.15, -0.1) is 0 Å². The second-order valence-corrected chi connectivity index (χ2v) is 3.50. The van der Waals surface area contributed by atoms with Crippen molar-refractivity contribution in [3.8, 4) is 0 Å². The summed E-state index contributed by atoms with van der Waals surface area (Å²) in [5.41, 5.74) is 5.88. The van der Waals surface area contributed by atoms with E-state index in [1.165, 1.54) is 0 Å². The molecule has 1 rings (SSSR count). The summed E-state index contributed by atoms with van der Waals surface area (Å²) in [4.78, 5) is 10.7. The summed E-state index contributed by atoms with van der Waals surface area (Å²) in [5.74, 6) is -0.526. The summed E-state index contributed by atoms with van der Waals surface area (Å²) in [6.45, 7) is 1.81. The number of carbonyl (C=O) groups is 1. The molecule has 76 valence electrons. The van der Waals surface area contributed by atoms with Crippen LogP contribution in [0.25, 0.3) is 0 Å². The molecule has 0 bridgehead atoms. The minimum atomic E-state index is -0.622. The number of amides is 1. The summed E-state index contributed by atoms with van der Waals surface area (Å²) in [7, 11) is 0. The Hall–Kier alpha value is -1.35. The first-order valence-corrected chi connectivity index (χ1v) is 4.62. The number of aliphatic hydroxyl groups excluding tert-OH is 1. The molecule has 0 radical (unpaired) electrons. The second kappa shape index (κ2) is 4.77. The molecule has 0 heterocycles. The average molecular weight is 193 g/mol. The lowest BCUT2D eigenvalue weighted by atomic mass is 9.94. The third-order valence-electron chi connectivity index (χ3n) is 2.20. The molecule has 1 aromatic carbocycles. The lowest BCUT2D eigenvalue weighted by Crippen LogP contribution is -2.19. The highest BCUT2D eigenvalue weighted by Crippen LogP contribution is 2.23. The summed E-state index contributed by atoms with van der Waals surface area (Å²) >= 11 is 0. The van der Waals surface area contributed by atoms with Gasteiger partial charge < -0.3 is 10.8 Å². The molecular weight excluding hydrogens is 178 g/mol. The summed E-state index contributed by atoms with van der Waals surface area (Å²) in [6, 6.07) is 9.27. The molecule has 0 aliphatic heterocycles. The van der Waals surface area contributed by atoms with Crippen molar-refractivity contribution >= 4 is 5.91 Å². The maximum absolute atomic E-state index is 10.7. The van der Waals surface area contributed by atoms with E-state index in [-0.39, 0.29) is 18.2 Å². The van der Waals surface area contributed by atoms with Gasteiger partial charge in [-0.05, 0) is 11.5 Å². The van der Waals surface area contributed by atoms with Crippen molar-refractivity contribution in [3.63, 3.8) is 0 Å². The van der Waals surface area contributed by atoms with Gasteiger partial charge in [-0.1, -0.05) is 37.3 Å². The van der Waals surface area contributed by atoms with Crippen LogP contribution >= 0.6 is 0 Å². The van der Waals surface area contributed by atoms with Gasteiger partial charge in [0.2, 0.25) is 5.91 Å². The molecule has 0 fully saturated rings. The topological polar surface area (TPSA) is 63.3 Å². The van der Waals surface area contributed by atoms with E-state index in [1.807, 2.05) is 37.3 Å². The van der Waals surface area contributed by atoms with Crippen LogP contribution in [0.1, 0.15) is 25.0 Å². The number of hydrogen-bond acceptors (Lipinski definition) is 2. The zero-order valence-corrected chi connectivity index (χ0v) is 8.18. The van der Waals surface area contributed by atoms with Gasteiger partial charge in [0, 0.05) is 6.42 Å². The molecule has 3 N–H and O–H groups in total. The van der Waals surface area contributed by atoms with Gasteiger partial charge in [0.25, 0.3) is 0 Å². The molecule has 0 aromatic heterocycles. The summed E-state index contributed by atoms with van der Waals surface area (Å²) < 4.78 is 0. The molecule has 3 nitrogen and oxygen atoms in total. The van der Waals surface area contributed by atoms with Gasteiger partial charge in [-0.2, -0.15) is 0 Å². The Morgan fingerprint density at radius 2 is 2.00 bits per heavy atom. The monoisotopic (exact) mass is 193 g/mol. The van der Waals surface area contributed by atoms with E-state index in [0.29, 0.717) is 0 Å². The average Bonchev–Trinajstić information content (AvgIpc) is 2.17. The largest absolute Gasteiger partial charge is 0.388 e. The number of carbonyl (C=O) groups excluding carboxylic acids is 1. The third-order valence-corrected chi connectivity index (χ3v) is 2.20. The molecule has 0 aliphatic carbocycles. The maximum atomic E-state index is 10.7. The molecule has 0 aliphatic rings. The Balaban J connectivity index is 2.65. The van der Waals surface area contributed by atoms with E-state index in [4.69, 9.17) is 5.73 Å². The van der Waals surface area contributed by atoms with Crippen molar-refractivity contribution in [1.29, 1.82) is 0 Å². The minimum Gasteiger partial charge on any atom is -0.388 e. The van der Waals surface area contributed by atoms with Crippen molar-refractivity contribution in [2.24, 2.45) is 11.7 Å². The van der Waals surface area contributed by atoms with E-state index in [1.54, 1.807) is 0 Å². The molecule has 1 amide bonds. The SMILES string of the molecule is CC(CC(N)=O)C(O)c1ccccc1. The predicted octanol–water partition coefficient (Wildman–Crippen LogP) is 1.23. The second-order valence-electron chi connectivity index (χ2n) is 3.50. The van der Waals surface area contributed by atoms with Crippen LogP contribution in [0.4, 0.5) is 0 Å². The van der Waals surface area contributed by atoms with E-state index < -0.39 is 6.10 Å². The molecule has 0 saturated carbocycles. The smallest absolute Gasteiger partial charge is 0.217 e. The summed E-state index contributed by atoms with van der Waals surface area (Å²) in [5, 5.41) is 9.83. The molecule has 3 heteroatoms. The molecule has 1 aromatic rings. The minimum absolute atomic E-state index is 0.144. The van der Waals surface area contributed by atoms with Crippen molar-refractivity contribution in [3.05, 3.63) is 35.9 Å². The third kappa shape index (κ3) is 2.85. The summed E-state index contributed by atoms with van der Waals surface area (Å²) in [6.07, 6.45) is -0.417. The normalized spacial score (nSPS) is 14.7. The number of primary amides is 1. The fraction of sp³-hybridized carbons (Fsp3) is 0.364. The van der Waals surface area contributed by atoms with Crippen LogP contribution in [-0.4, -0.2) is 11.0 Å². The molecular formula is C11H15NO2. The maximum Gasteiger partial charge on any atom is 0.217 e. The zero-order chi connectivity index (χ0) is 10.6. The number of hydrogen-bond donors (Lipinski definition) is 2. The molecule has 0 spiro atoms. The first kappa shape index (κ1) is 10.7. The van der Waals surface area contributed by atoms with Crippen LogP contribution in [-0.2, 0) is 4.79 Å². The van der Waals surface area contributed by atoms with Crippen LogP contribution in [0.15, 0.2) is 30.3 Å². The Morgan fingerprint density at radius 1 is 1.43 bits per heavy atom. The first-order chi connectivity index (χ1) is 6.61. The van der Waals surface area contributed by atoms with Gasteiger partial charge in [0.15, 0.2) is 0 Å². The molecule has 14 heavy (non-hydrogen) atoms. The van der Waals surface area contributed by atoms with Crippen molar-refractivity contribution in [2.75, 3.05) is 0 Å². The van der Waals surface area contributed by atoms with Crippen LogP contribution < -0.4 is 5.73 Å². The Bertz CT molecular complexity index is 297. The molecule has 0 saturated heterocycles. The highest BCUT2D eigenvalue weighted by Gasteiger charge is 2.17. The number of aliphatic hydroxyl groups is 1. The van der Waals surface area contributed by atoms with Crippen molar-refractivity contribution < 1.29 is 9.90 Å². The predicted molar refractivity (Wildman–Crippen MR) is 54.4 cm³/mol. The van der Waals surface area contributed by atoms with E-state index >= 15 is 0 Å². The standard InChI is InChI=1S/C11H15NO2/c1-8(7-10(12)13)11(14)9-5-3-2-4-6-9/h2-6,8,11,14H,7H2,1H3,(H2,12,13). The van der Waals surface area contributed by atoms with Crippen molar-refractivity contribution in [2.45, 2.75) is 19.4 Å². The van der Waals surface area contributed by atoms with E-state index in [2.05, 4.69) is 0 Å². The lowest BCUT2D eigenvalue weighted by molar-refractivity contribution is -0.119. The van der Waals surface area contributed by atoms with Gasteiger partial charge in [0.1, 0.15) is 0 Å². The van der Waals surface area contributed by atoms with E-state index in [9.17, 15) is 9.90 Å². The first-order valence-electron chi connectivity index (χ1n) is 4.62. The van der Waals surface area contributed by atoms with Gasteiger partial charge in [-0.3, -0.25) is 4.79 Å². The number of rotatable bonds is 4. The Morgan fingerprint density at radius 3 is 2.50 bits per heavy atom. The zero-order valence-electron chi connectivity index (χ0n) is 8.18. The number of benzene rings is 1. The fourth-order valence-corrected chi connectivity index (χ4v) is 1.41. The van der Waals surface area contributed by atoms with Crippen LogP contribution in [0.5, 0.6) is 0 Å². The van der Waals surface area contributed by atoms with Crippen LogP contribution in [0.3, 0.4) is 0 Å². The van der Waals surface area contributed by atoms with Gasteiger partial charge in [0.05, 0.1) is 6.10 Å². The lowest BCUT2D eigenvalue weighted by Gasteiger charge is -2.17. The van der Waals surface area contributed by atoms with Crippen LogP contribution in [0.2, 0.25) is 0 Å². The van der Waals surface area contributed by atoms with Gasteiger partial charge >= 0.3 is 0 Å². The van der Waals surface area contributed by atoms with Crippen LogP contribution in [0, 0.1) is 5.92 Å². The van der Waals surface area contributed by atoms with E-state index in [0.717, 1.165) is 5.56 Å². The van der Waals surface area contributed by atoms with Gasteiger partial charge in [-0.25, -0.2) is 0 Å². The highest BCUT2D eigenvalue weighted by atomic mass is 16.3. The van der Waals surface area contributed by atoms with Crippen molar-refractivity contribution in [1.82, 2.24) is 0 Å². The molecule has 2 unspecified atom stereocenters. The highest BCUT2D eigenvalue weighted by molar-refractivity contribution is 5.74. The number of nitrogens with two attached hydrogens (primary N) is 1. The Labute approximate surface area is 83.6 Å². The fourth-order valence-electron chi connectivity index (χ4n) is 1.41. The molecule has 2 atom stereocenters.